The normalized spacial score (nSPS) is 11.2. The summed E-state index contributed by atoms with van der Waals surface area (Å²) in [4.78, 5) is 4.53. The van der Waals surface area contributed by atoms with E-state index in [0.29, 0.717) is 5.70 Å². The molecule has 0 radical (unpaired) electrons. The van der Waals surface area contributed by atoms with Gasteiger partial charge in [-0.3, -0.25) is 10.3 Å². The predicted molar refractivity (Wildman–Crippen MR) is 42.0 cm³/mol. The van der Waals surface area contributed by atoms with Crippen LogP contribution in [0.15, 0.2) is 24.0 Å². The zero-order chi connectivity index (χ0) is 8.53. The molecule has 0 aromatic carbocycles. The fraction of sp³-hybridized carbons (Fsp3) is 0.286. The van der Waals surface area contributed by atoms with E-state index in [-0.39, 0.29) is 0 Å². The second kappa shape index (κ2) is 6.65. The number of rotatable bonds is 4. The molecule has 0 aromatic rings. The first kappa shape index (κ1) is 9.53. The maximum atomic E-state index is 8.44. The van der Waals surface area contributed by atoms with E-state index in [1.54, 1.807) is 25.4 Å². The third-order valence-electron chi connectivity index (χ3n) is 0.858. The third kappa shape index (κ3) is 5.00. The minimum absolute atomic E-state index is 0.360. The molecule has 0 bridgehead atoms. The summed E-state index contributed by atoms with van der Waals surface area (Å²) in [6.07, 6.45) is 5.00. The van der Waals surface area contributed by atoms with Gasteiger partial charge in [-0.2, -0.15) is 5.26 Å². The summed E-state index contributed by atoms with van der Waals surface area (Å²) in [5, 5.41) is 11.2. The van der Waals surface area contributed by atoms with Crippen molar-refractivity contribution in [2.24, 2.45) is 0 Å². The van der Waals surface area contributed by atoms with Gasteiger partial charge in [-0.25, -0.2) is 0 Å². The van der Waals surface area contributed by atoms with Crippen molar-refractivity contribution in [1.29, 1.82) is 5.26 Å². The molecule has 2 N–H and O–H groups in total. The van der Waals surface area contributed by atoms with Crippen LogP contribution in [0.5, 0.6) is 0 Å². The molecule has 0 aromatic heterocycles. The third-order valence-corrected chi connectivity index (χ3v) is 0.858. The van der Waals surface area contributed by atoms with Gasteiger partial charge < -0.3 is 5.32 Å². The Labute approximate surface area is 66.1 Å². The monoisotopic (exact) mass is 153 g/mol. The summed E-state index contributed by atoms with van der Waals surface area (Å²) in [5.74, 6) is 0. The van der Waals surface area contributed by atoms with Gasteiger partial charge in [0.1, 0.15) is 11.8 Å². The molecule has 4 nitrogen and oxygen atoms in total. The SMILES string of the molecule is CN/C=C/C=C(/C#N)NOC. The maximum absolute atomic E-state index is 8.44. The van der Waals surface area contributed by atoms with Crippen LogP contribution in [0.25, 0.3) is 0 Å². The molecule has 0 amide bonds. The smallest absolute Gasteiger partial charge is 0.137 e. The van der Waals surface area contributed by atoms with E-state index in [0.717, 1.165) is 0 Å². The fourth-order valence-electron chi connectivity index (χ4n) is 0.445. The Hall–Kier alpha value is -1.47. The second-order valence-electron chi connectivity index (χ2n) is 1.65. The molecule has 0 heterocycles. The largest absolute Gasteiger partial charge is 0.394 e. The molecule has 60 valence electrons. The number of nitrogens with zero attached hydrogens (tertiary/aromatic N) is 1. The molecular weight excluding hydrogens is 142 g/mol. The Morgan fingerprint density at radius 2 is 2.36 bits per heavy atom. The van der Waals surface area contributed by atoms with Crippen molar-refractivity contribution in [3.63, 3.8) is 0 Å². The van der Waals surface area contributed by atoms with E-state index >= 15 is 0 Å². The molecule has 0 rings (SSSR count). The van der Waals surface area contributed by atoms with Gasteiger partial charge in [-0.1, -0.05) is 0 Å². The second-order valence-corrected chi connectivity index (χ2v) is 1.65. The molecule has 0 aliphatic carbocycles. The highest BCUT2D eigenvalue weighted by Gasteiger charge is 1.86. The Morgan fingerprint density at radius 1 is 1.64 bits per heavy atom. The molecule has 0 spiro atoms. The van der Waals surface area contributed by atoms with Crippen molar-refractivity contribution < 1.29 is 4.84 Å². The minimum atomic E-state index is 0.360. The Morgan fingerprint density at radius 3 is 2.82 bits per heavy atom. The van der Waals surface area contributed by atoms with Crippen LogP contribution in [0, 0.1) is 11.3 Å². The van der Waals surface area contributed by atoms with Crippen LogP contribution in [-0.2, 0) is 4.84 Å². The van der Waals surface area contributed by atoms with Crippen LogP contribution < -0.4 is 10.8 Å². The predicted octanol–water partition coefficient (Wildman–Crippen LogP) is 0.278. The van der Waals surface area contributed by atoms with Gasteiger partial charge in [-0.05, 0) is 18.4 Å². The molecular formula is C7H11N3O. The van der Waals surface area contributed by atoms with Crippen LogP contribution >= 0.6 is 0 Å². The average Bonchev–Trinajstić information content (AvgIpc) is 2.03. The molecule has 0 saturated carbocycles. The molecule has 0 fully saturated rings. The van der Waals surface area contributed by atoms with Gasteiger partial charge in [0.2, 0.25) is 0 Å². The first-order valence-electron chi connectivity index (χ1n) is 3.08. The number of nitriles is 1. The molecule has 0 atom stereocenters. The lowest BCUT2D eigenvalue weighted by molar-refractivity contribution is 0.122. The van der Waals surface area contributed by atoms with Gasteiger partial charge in [0, 0.05) is 7.05 Å². The van der Waals surface area contributed by atoms with Crippen molar-refractivity contribution >= 4 is 0 Å². The summed E-state index contributed by atoms with van der Waals surface area (Å²) in [6, 6.07) is 1.91. The number of nitrogens with one attached hydrogen (secondary N) is 2. The molecule has 0 aliphatic rings. The maximum Gasteiger partial charge on any atom is 0.137 e. The summed E-state index contributed by atoms with van der Waals surface area (Å²) in [5.41, 5.74) is 2.77. The average molecular weight is 153 g/mol. The van der Waals surface area contributed by atoms with E-state index in [1.807, 2.05) is 6.07 Å². The summed E-state index contributed by atoms with van der Waals surface area (Å²) < 4.78 is 0. The Balaban J connectivity index is 3.93. The van der Waals surface area contributed by atoms with Crippen molar-refractivity contribution in [2.45, 2.75) is 0 Å². The van der Waals surface area contributed by atoms with E-state index < -0.39 is 0 Å². The molecule has 0 unspecified atom stereocenters. The zero-order valence-corrected chi connectivity index (χ0v) is 6.59. The van der Waals surface area contributed by atoms with Gasteiger partial charge in [0.05, 0.1) is 7.11 Å². The lowest BCUT2D eigenvalue weighted by Crippen LogP contribution is -2.08. The summed E-state index contributed by atoms with van der Waals surface area (Å²) in [6.45, 7) is 0. The molecule has 11 heavy (non-hydrogen) atoms. The highest BCUT2D eigenvalue weighted by molar-refractivity contribution is 5.22. The van der Waals surface area contributed by atoms with Crippen LogP contribution in [0.4, 0.5) is 0 Å². The van der Waals surface area contributed by atoms with Crippen molar-refractivity contribution in [3.8, 4) is 6.07 Å². The highest BCUT2D eigenvalue weighted by Crippen LogP contribution is 1.85. The first-order chi connectivity index (χ1) is 5.35. The highest BCUT2D eigenvalue weighted by atomic mass is 16.6. The van der Waals surface area contributed by atoms with E-state index in [2.05, 4.69) is 15.6 Å². The molecule has 0 aliphatic heterocycles. The van der Waals surface area contributed by atoms with Gasteiger partial charge in [0.15, 0.2) is 0 Å². The zero-order valence-electron chi connectivity index (χ0n) is 6.59. The lowest BCUT2D eigenvalue weighted by atomic mass is 10.4. The minimum Gasteiger partial charge on any atom is -0.394 e. The molecule has 0 saturated heterocycles. The standard InChI is InChI=1S/C7H11N3O/c1-9-5-3-4-7(6-8)10-11-2/h3-5,9-10H,1-2H3/b5-3+,7-4-. The Bertz CT molecular complexity index is 190. The fourth-order valence-corrected chi connectivity index (χ4v) is 0.445. The number of hydroxylamine groups is 1. The quantitative estimate of drug-likeness (QED) is 0.346. The number of hydrogen-bond donors (Lipinski definition) is 2. The van der Waals surface area contributed by atoms with E-state index in [9.17, 15) is 0 Å². The van der Waals surface area contributed by atoms with Crippen LogP contribution in [-0.4, -0.2) is 14.2 Å². The van der Waals surface area contributed by atoms with Crippen molar-refractivity contribution in [2.75, 3.05) is 14.2 Å². The van der Waals surface area contributed by atoms with Gasteiger partial charge in [0.25, 0.3) is 0 Å². The van der Waals surface area contributed by atoms with Crippen LogP contribution in [0.3, 0.4) is 0 Å². The van der Waals surface area contributed by atoms with Crippen LogP contribution in [0.1, 0.15) is 0 Å². The Kier molecular flexibility index (Phi) is 5.76. The van der Waals surface area contributed by atoms with E-state index in [1.165, 1.54) is 7.11 Å². The summed E-state index contributed by atoms with van der Waals surface area (Å²) in [7, 11) is 3.23. The number of allylic oxidation sites excluding steroid dienone is 3. The first-order valence-corrected chi connectivity index (χ1v) is 3.08. The van der Waals surface area contributed by atoms with Crippen LogP contribution in [0.2, 0.25) is 0 Å². The van der Waals surface area contributed by atoms with Gasteiger partial charge >= 0.3 is 0 Å². The summed E-state index contributed by atoms with van der Waals surface area (Å²) >= 11 is 0. The molecule has 4 heteroatoms. The topological polar surface area (TPSA) is 57.1 Å². The van der Waals surface area contributed by atoms with Crippen molar-refractivity contribution in [1.82, 2.24) is 10.8 Å². The van der Waals surface area contributed by atoms with E-state index in [4.69, 9.17) is 5.26 Å². The lowest BCUT2D eigenvalue weighted by Gasteiger charge is -1.96. The van der Waals surface area contributed by atoms with Gasteiger partial charge in [-0.15, -0.1) is 0 Å². The van der Waals surface area contributed by atoms with Crippen molar-refractivity contribution in [3.05, 3.63) is 24.0 Å². The number of hydrogen-bond acceptors (Lipinski definition) is 4.